The zero-order chi connectivity index (χ0) is 34.1. The van der Waals surface area contributed by atoms with E-state index in [-0.39, 0.29) is 29.1 Å². The van der Waals surface area contributed by atoms with E-state index in [4.69, 9.17) is 23.4 Å². The third-order valence-electron chi connectivity index (χ3n) is 11.8. The van der Waals surface area contributed by atoms with Crippen LogP contribution in [0.15, 0.2) is 98.9 Å². The molecule has 9 nitrogen and oxygen atoms in total. The number of benzene rings is 2. The zero-order valence-corrected chi connectivity index (χ0v) is 29.1. The van der Waals surface area contributed by atoms with Crippen molar-refractivity contribution in [2.45, 2.75) is 70.2 Å². The fraction of sp³-hybridized carbons (Fsp3) is 0.410. The highest BCUT2D eigenvalue weighted by Crippen LogP contribution is 2.68. The Labute approximate surface area is 292 Å². The van der Waals surface area contributed by atoms with Crippen LogP contribution in [0.1, 0.15) is 73.9 Å². The number of esters is 1. The topological polar surface area (TPSA) is 117 Å². The Morgan fingerprint density at radius 2 is 1.80 bits per heavy atom. The van der Waals surface area contributed by atoms with Gasteiger partial charge in [0.2, 0.25) is 0 Å². The fourth-order valence-corrected chi connectivity index (χ4v) is 9.69. The van der Waals surface area contributed by atoms with E-state index in [1.807, 2.05) is 37.3 Å². The van der Waals surface area contributed by atoms with Crippen molar-refractivity contribution in [3.8, 4) is 17.1 Å². The van der Waals surface area contributed by atoms with Crippen molar-refractivity contribution < 1.29 is 33.3 Å². The van der Waals surface area contributed by atoms with E-state index < -0.39 is 52.4 Å². The van der Waals surface area contributed by atoms with Crippen LogP contribution in [-0.4, -0.2) is 40.5 Å². The van der Waals surface area contributed by atoms with E-state index in [1.165, 1.54) is 0 Å². The van der Waals surface area contributed by atoms with Crippen molar-refractivity contribution >= 4 is 21.9 Å². The van der Waals surface area contributed by atoms with Crippen molar-refractivity contribution in [2.75, 3.05) is 6.61 Å². The maximum Gasteiger partial charge on any atom is 0.345 e. The number of rotatable bonds is 4. The summed E-state index contributed by atoms with van der Waals surface area (Å²) in [6.07, 6.45) is 2.43. The van der Waals surface area contributed by atoms with Gasteiger partial charge in [0.15, 0.2) is 6.29 Å². The highest BCUT2D eigenvalue weighted by atomic mass is 79.9. The molecule has 2 aromatic carbocycles. The normalized spacial score (nSPS) is 34.7. The van der Waals surface area contributed by atoms with Gasteiger partial charge in [-0.15, -0.1) is 0 Å². The maximum absolute atomic E-state index is 13.8. The van der Waals surface area contributed by atoms with Gasteiger partial charge in [0, 0.05) is 45.4 Å². The number of ether oxygens (including phenoxy) is 4. The van der Waals surface area contributed by atoms with E-state index in [0.717, 1.165) is 16.5 Å². The smallest absolute Gasteiger partial charge is 0.345 e. The molecule has 2 aliphatic carbocycles. The second-order valence-corrected chi connectivity index (χ2v) is 15.5. The lowest BCUT2D eigenvalue weighted by Gasteiger charge is -2.67. The summed E-state index contributed by atoms with van der Waals surface area (Å²) in [5.41, 5.74) is -0.892. The number of carbonyl (C=O) groups excluding carboxylic acids is 1. The minimum atomic E-state index is -1.25. The van der Waals surface area contributed by atoms with Crippen LogP contribution in [0, 0.1) is 22.7 Å². The Hall–Kier alpha value is -3.83. The van der Waals surface area contributed by atoms with Gasteiger partial charge in [-0.25, -0.2) is 9.59 Å². The van der Waals surface area contributed by atoms with Crippen LogP contribution in [0.25, 0.3) is 11.3 Å². The van der Waals surface area contributed by atoms with Gasteiger partial charge >= 0.3 is 11.6 Å². The molecule has 3 fully saturated rings. The second kappa shape index (κ2) is 11.9. The Morgan fingerprint density at radius 3 is 2.53 bits per heavy atom. The zero-order valence-electron chi connectivity index (χ0n) is 27.5. The van der Waals surface area contributed by atoms with Crippen molar-refractivity contribution in [1.29, 1.82) is 0 Å². The molecule has 0 spiro atoms. The number of hydrogen-bond donors (Lipinski definition) is 1. The van der Waals surface area contributed by atoms with E-state index >= 15 is 0 Å². The van der Waals surface area contributed by atoms with Crippen LogP contribution in [0.4, 0.5) is 0 Å². The average Bonchev–Trinajstić information content (AvgIpc) is 3.09. The lowest BCUT2D eigenvalue weighted by molar-refractivity contribution is -0.330. The number of halogens is 1. The summed E-state index contributed by atoms with van der Waals surface area (Å²) in [5.74, 6) is -0.773. The molecule has 4 unspecified atom stereocenters. The summed E-state index contributed by atoms with van der Waals surface area (Å²) in [6.45, 7) is 6.66. The quantitative estimate of drug-likeness (QED) is 0.214. The average molecular weight is 729 g/mol. The van der Waals surface area contributed by atoms with E-state index in [2.05, 4.69) is 34.8 Å². The Morgan fingerprint density at radius 1 is 1.02 bits per heavy atom. The minimum absolute atomic E-state index is 0.0718. The maximum atomic E-state index is 13.8. The van der Waals surface area contributed by atoms with E-state index in [9.17, 15) is 14.7 Å². The van der Waals surface area contributed by atoms with Crippen LogP contribution < -0.4 is 10.4 Å². The molecule has 2 aromatic heterocycles. The second-order valence-electron chi connectivity index (χ2n) is 14.5. The van der Waals surface area contributed by atoms with Gasteiger partial charge in [-0.1, -0.05) is 60.1 Å². The number of aliphatic hydroxyl groups excluding tert-OH is 1. The molecule has 2 aliphatic heterocycles. The van der Waals surface area contributed by atoms with Gasteiger partial charge in [0.1, 0.15) is 28.8 Å². The molecular weight excluding hydrogens is 690 g/mol. The first kappa shape index (κ1) is 32.4. The van der Waals surface area contributed by atoms with Gasteiger partial charge in [0.25, 0.3) is 0 Å². The summed E-state index contributed by atoms with van der Waals surface area (Å²) in [6, 6.07) is 22.1. The molecule has 1 N–H and O–H groups in total. The monoisotopic (exact) mass is 727 g/mol. The molecule has 8 rings (SSSR count). The van der Waals surface area contributed by atoms with Crippen LogP contribution in [-0.2, 0) is 14.2 Å². The standard InChI is InChI=1S/C39H38BrNO8/c1-37-16-15-29-38(2,21-45-36(48-29)23-8-5-4-6-9-23)28(37)19-30(47-34(43)22-11-13-25(40)14-12-22)39(3)33(37)32(42)31-27(49-39)18-26(46-35(31)44)24-10-7-17-41-20-24/h4-14,17-18,20,28-30,32-33,36,42H,15-16,19,21H2,1-3H3/t28?,29-,30-,32-,33?,36?,37-,38?,39+/m0/s1. The third-order valence-corrected chi connectivity index (χ3v) is 12.3. The summed E-state index contributed by atoms with van der Waals surface area (Å²) < 4.78 is 33.0. The predicted octanol–water partition coefficient (Wildman–Crippen LogP) is 7.43. The molecule has 0 amide bonds. The molecule has 10 heteroatoms. The highest BCUT2D eigenvalue weighted by molar-refractivity contribution is 9.10. The summed E-state index contributed by atoms with van der Waals surface area (Å²) in [4.78, 5) is 31.6. The molecule has 0 bridgehead atoms. The van der Waals surface area contributed by atoms with Gasteiger partial charge < -0.3 is 28.5 Å². The summed E-state index contributed by atoms with van der Waals surface area (Å²) in [7, 11) is 0. The van der Waals surface area contributed by atoms with E-state index in [0.29, 0.717) is 30.6 Å². The predicted molar refractivity (Wildman–Crippen MR) is 183 cm³/mol. The highest BCUT2D eigenvalue weighted by Gasteiger charge is 2.71. The molecule has 2 saturated carbocycles. The third kappa shape index (κ3) is 5.18. The van der Waals surface area contributed by atoms with Gasteiger partial charge in [-0.2, -0.15) is 0 Å². The Bertz CT molecular complexity index is 1940. The van der Waals surface area contributed by atoms with Crippen molar-refractivity contribution in [1.82, 2.24) is 4.98 Å². The van der Waals surface area contributed by atoms with Gasteiger partial charge in [0.05, 0.1) is 24.4 Å². The molecule has 49 heavy (non-hydrogen) atoms. The lowest BCUT2D eigenvalue weighted by Crippen LogP contribution is -2.71. The lowest BCUT2D eigenvalue weighted by atomic mass is 9.42. The van der Waals surface area contributed by atoms with Crippen LogP contribution in [0.3, 0.4) is 0 Å². The van der Waals surface area contributed by atoms with Crippen LogP contribution >= 0.6 is 15.9 Å². The number of carbonyl (C=O) groups is 1. The van der Waals surface area contributed by atoms with Crippen LogP contribution in [0.5, 0.6) is 5.75 Å². The molecule has 4 heterocycles. The summed E-state index contributed by atoms with van der Waals surface area (Å²) in [5, 5.41) is 12.4. The minimum Gasteiger partial charge on any atom is -0.482 e. The first-order chi connectivity index (χ1) is 23.5. The number of nitrogens with zero attached hydrogens (tertiary/aromatic N) is 1. The van der Waals surface area contributed by atoms with Gasteiger partial charge in [-0.3, -0.25) is 4.98 Å². The number of aromatic nitrogens is 1. The van der Waals surface area contributed by atoms with Crippen LogP contribution in [0.2, 0.25) is 0 Å². The van der Waals surface area contributed by atoms with Crippen molar-refractivity contribution in [3.63, 3.8) is 0 Å². The fourth-order valence-electron chi connectivity index (χ4n) is 9.42. The van der Waals surface area contributed by atoms with E-state index in [1.54, 1.807) is 54.9 Å². The van der Waals surface area contributed by atoms with Crippen molar-refractivity contribution in [2.24, 2.45) is 22.7 Å². The molecule has 4 aliphatic rings. The van der Waals surface area contributed by atoms with Crippen molar-refractivity contribution in [3.05, 3.63) is 117 Å². The molecule has 254 valence electrons. The molecule has 4 aromatic rings. The van der Waals surface area contributed by atoms with Gasteiger partial charge in [-0.05, 0) is 73.9 Å². The Kier molecular flexibility index (Phi) is 7.86. The largest absolute Gasteiger partial charge is 0.482 e. The molecule has 1 saturated heterocycles. The molecule has 9 atom stereocenters. The number of fused-ring (bicyclic) bond motifs is 6. The molecule has 0 radical (unpaired) electrons. The first-order valence-electron chi connectivity index (χ1n) is 16.8. The number of pyridine rings is 1. The number of hydrogen-bond acceptors (Lipinski definition) is 9. The number of aliphatic hydroxyl groups is 1. The summed E-state index contributed by atoms with van der Waals surface area (Å²) >= 11 is 3.44. The SMILES string of the molecule is CC12COC(c3ccccc3)O[C@H]1CC[C@@]1(C)C2C[C@H](OC(=O)c2ccc(Br)cc2)[C@@]2(C)Oc3cc(-c4cccnc4)oc(=O)c3[C@H](O)C12. The Balaban J connectivity index is 1.21. The first-order valence-corrected chi connectivity index (χ1v) is 17.5. The molecular formula is C39H38BrNO8.